The topological polar surface area (TPSA) is 72.2 Å². The third kappa shape index (κ3) is 3.32. The number of aliphatic hydroxyl groups is 1. The molecule has 1 aromatic heterocycles. The highest BCUT2D eigenvalue weighted by Gasteiger charge is 2.38. The molecule has 1 aromatic rings. The van der Waals surface area contributed by atoms with Gasteiger partial charge in [-0.25, -0.2) is 4.68 Å². The maximum atomic E-state index is 10.3. The minimum atomic E-state index is -0.764. The number of aromatic nitrogens is 3. The Morgan fingerprint density at radius 1 is 1.58 bits per heavy atom. The minimum Gasteiger partial charge on any atom is -0.386 e. The van der Waals surface area contributed by atoms with Crippen LogP contribution in [0.4, 0.5) is 0 Å². The SMILES string of the molecule is CC1OCCC1(O)CNCc1cn(C(C)(C)C)nn1. The quantitative estimate of drug-likeness (QED) is 0.839. The zero-order valence-corrected chi connectivity index (χ0v) is 12.2. The summed E-state index contributed by atoms with van der Waals surface area (Å²) < 4.78 is 7.25. The largest absolute Gasteiger partial charge is 0.386 e. The van der Waals surface area contributed by atoms with Crippen LogP contribution in [0.2, 0.25) is 0 Å². The number of nitrogens with zero attached hydrogens (tertiary/aromatic N) is 3. The molecule has 6 nitrogen and oxygen atoms in total. The maximum Gasteiger partial charge on any atom is 0.105 e. The first-order valence-corrected chi connectivity index (χ1v) is 6.78. The summed E-state index contributed by atoms with van der Waals surface area (Å²) in [7, 11) is 0. The van der Waals surface area contributed by atoms with Gasteiger partial charge in [-0.3, -0.25) is 0 Å². The van der Waals surface area contributed by atoms with Crippen molar-refractivity contribution in [3.05, 3.63) is 11.9 Å². The van der Waals surface area contributed by atoms with E-state index in [1.54, 1.807) is 0 Å². The fourth-order valence-electron chi connectivity index (χ4n) is 2.12. The van der Waals surface area contributed by atoms with Crippen molar-refractivity contribution >= 4 is 0 Å². The molecule has 0 spiro atoms. The van der Waals surface area contributed by atoms with E-state index in [-0.39, 0.29) is 11.6 Å². The summed E-state index contributed by atoms with van der Waals surface area (Å²) in [5, 5.41) is 21.8. The van der Waals surface area contributed by atoms with E-state index in [1.807, 2.05) is 17.8 Å². The van der Waals surface area contributed by atoms with Gasteiger partial charge in [0.25, 0.3) is 0 Å². The molecule has 0 saturated carbocycles. The van der Waals surface area contributed by atoms with Crippen LogP contribution in [0.25, 0.3) is 0 Å². The van der Waals surface area contributed by atoms with Crippen molar-refractivity contribution in [3.8, 4) is 0 Å². The van der Waals surface area contributed by atoms with Gasteiger partial charge in [0.1, 0.15) is 5.60 Å². The van der Waals surface area contributed by atoms with E-state index in [0.29, 0.717) is 26.1 Å². The Balaban J connectivity index is 1.85. The Hall–Kier alpha value is -0.980. The summed E-state index contributed by atoms with van der Waals surface area (Å²) in [4.78, 5) is 0. The lowest BCUT2D eigenvalue weighted by Gasteiger charge is -2.26. The van der Waals surface area contributed by atoms with Gasteiger partial charge in [0.2, 0.25) is 0 Å². The van der Waals surface area contributed by atoms with Crippen LogP contribution in [-0.2, 0) is 16.8 Å². The molecule has 2 N–H and O–H groups in total. The summed E-state index contributed by atoms with van der Waals surface area (Å²) in [6.45, 7) is 9.89. The van der Waals surface area contributed by atoms with E-state index in [4.69, 9.17) is 4.74 Å². The Labute approximate surface area is 114 Å². The number of hydrogen-bond donors (Lipinski definition) is 2. The van der Waals surface area contributed by atoms with Gasteiger partial charge in [0, 0.05) is 26.1 Å². The second kappa shape index (κ2) is 5.19. The lowest BCUT2D eigenvalue weighted by molar-refractivity contribution is -0.0263. The van der Waals surface area contributed by atoms with Crippen molar-refractivity contribution in [1.82, 2.24) is 20.3 Å². The smallest absolute Gasteiger partial charge is 0.105 e. The van der Waals surface area contributed by atoms with Gasteiger partial charge in [-0.05, 0) is 27.7 Å². The Kier molecular flexibility index (Phi) is 3.94. The number of ether oxygens (including phenoxy) is 1. The predicted octanol–water partition coefficient (Wildman–Crippen LogP) is 0.663. The summed E-state index contributed by atoms with van der Waals surface area (Å²) in [6, 6.07) is 0. The van der Waals surface area contributed by atoms with Crippen molar-refractivity contribution in [1.29, 1.82) is 0 Å². The fourth-order valence-corrected chi connectivity index (χ4v) is 2.12. The highest BCUT2D eigenvalue weighted by molar-refractivity contribution is 4.96. The van der Waals surface area contributed by atoms with Gasteiger partial charge in [0.05, 0.1) is 23.5 Å². The van der Waals surface area contributed by atoms with Crippen LogP contribution in [0.5, 0.6) is 0 Å². The first kappa shape index (κ1) is 14.4. The molecule has 6 heteroatoms. The minimum absolute atomic E-state index is 0.0583. The average Bonchev–Trinajstić information content (AvgIpc) is 2.88. The molecule has 0 aliphatic carbocycles. The highest BCUT2D eigenvalue weighted by atomic mass is 16.5. The van der Waals surface area contributed by atoms with E-state index in [0.717, 1.165) is 5.69 Å². The van der Waals surface area contributed by atoms with E-state index in [2.05, 4.69) is 36.4 Å². The Bertz CT molecular complexity index is 427. The number of rotatable bonds is 4. The fraction of sp³-hybridized carbons (Fsp3) is 0.846. The third-order valence-corrected chi connectivity index (χ3v) is 3.62. The van der Waals surface area contributed by atoms with E-state index >= 15 is 0 Å². The number of hydrogen-bond acceptors (Lipinski definition) is 5. The molecule has 0 amide bonds. The predicted molar refractivity (Wildman–Crippen MR) is 71.7 cm³/mol. The number of nitrogens with one attached hydrogen (secondary N) is 1. The molecule has 108 valence electrons. The zero-order chi connectivity index (χ0) is 14.1. The zero-order valence-electron chi connectivity index (χ0n) is 12.2. The van der Waals surface area contributed by atoms with Crippen molar-refractivity contribution < 1.29 is 9.84 Å². The molecular weight excluding hydrogens is 244 g/mol. The van der Waals surface area contributed by atoms with E-state index < -0.39 is 5.60 Å². The summed E-state index contributed by atoms with van der Waals surface area (Å²) in [5.74, 6) is 0. The van der Waals surface area contributed by atoms with E-state index in [1.165, 1.54) is 0 Å². The Morgan fingerprint density at radius 3 is 2.84 bits per heavy atom. The molecule has 0 radical (unpaired) electrons. The van der Waals surface area contributed by atoms with Crippen molar-refractivity contribution in [2.24, 2.45) is 0 Å². The lowest BCUT2D eigenvalue weighted by Crippen LogP contribution is -2.45. The van der Waals surface area contributed by atoms with Crippen molar-refractivity contribution in [2.75, 3.05) is 13.2 Å². The molecule has 2 heterocycles. The van der Waals surface area contributed by atoms with E-state index in [9.17, 15) is 5.11 Å². The lowest BCUT2D eigenvalue weighted by atomic mass is 9.97. The monoisotopic (exact) mass is 268 g/mol. The summed E-state index contributed by atoms with van der Waals surface area (Å²) >= 11 is 0. The molecule has 2 unspecified atom stereocenters. The Morgan fingerprint density at radius 2 is 2.32 bits per heavy atom. The normalized spacial score (nSPS) is 27.9. The molecule has 1 fully saturated rings. The van der Waals surface area contributed by atoms with Crippen LogP contribution in [-0.4, -0.2) is 45.0 Å². The molecule has 1 saturated heterocycles. The second-order valence-corrected chi connectivity index (χ2v) is 6.30. The third-order valence-electron chi connectivity index (χ3n) is 3.62. The molecule has 19 heavy (non-hydrogen) atoms. The van der Waals surface area contributed by atoms with Gasteiger partial charge < -0.3 is 15.2 Å². The average molecular weight is 268 g/mol. The molecule has 0 aromatic carbocycles. The van der Waals surface area contributed by atoms with Gasteiger partial charge in [-0.2, -0.15) is 0 Å². The first-order chi connectivity index (χ1) is 8.81. The van der Waals surface area contributed by atoms with Crippen LogP contribution in [0, 0.1) is 0 Å². The van der Waals surface area contributed by atoms with Crippen LogP contribution in [0.3, 0.4) is 0 Å². The summed E-state index contributed by atoms with van der Waals surface area (Å²) in [6.07, 6.45) is 2.49. The first-order valence-electron chi connectivity index (χ1n) is 6.78. The second-order valence-electron chi connectivity index (χ2n) is 6.30. The molecule has 1 aliphatic rings. The van der Waals surface area contributed by atoms with Crippen molar-refractivity contribution in [2.45, 2.75) is 57.9 Å². The van der Waals surface area contributed by atoms with Gasteiger partial charge in [0.15, 0.2) is 0 Å². The molecule has 0 bridgehead atoms. The van der Waals surface area contributed by atoms with Gasteiger partial charge in [-0.1, -0.05) is 5.21 Å². The molecule has 2 rings (SSSR count). The standard InChI is InChI=1S/C13H24N4O2/c1-10-13(18,5-6-19-10)9-14-7-11-8-17(16-15-11)12(2,3)4/h8,10,14,18H,5-7,9H2,1-4H3. The molecular formula is C13H24N4O2. The molecule has 2 atom stereocenters. The molecule has 1 aliphatic heterocycles. The maximum absolute atomic E-state index is 10.3. The van der Waals surface area contributed by atoms with Crippen LogP contribution >= 0.6 is 0 Å². The van der Waals surface area contributed by atoms with Crippen LogP contribution in [0.1, 0.15) is 39.8 Å². The highest BCUT2D eigenvalue weighted by Crippen LogP contribution is 2.24. The van der Waals surface area contributed by atoms with Gasteiger partial charge >= 0.3 is 0 Å². The van der Waals surface area contributed by atoms with Gasteiger partial charge in [-0.15, -0.1) is 5.10 Å². The summed E-state index contributed by atoms with van der Waals surface area (Å²) in [5.41, 5.74) is 0.0576. The van der Waals surface area contributed by atoms with Crippen molar-refractivity contribution in [3.63, 3.8) is 0 Å². The van der Waals surface area contributed by atoms with Crippen LogP contribution in [0.15, 0.2) is 6.20 Å². The van der Waals surface area contributed by atoms with Crippen LogP contribution < -0.4 is 5.32 Å².